The van der Waals surface area contributed by atoms with E-state index < -0.39 is 0 Å². The molecule has 0 aliphatic heterocycles. The number of nitrogens with zero attached hydrogens (tertiary/aromatic N) is 3. The molecule has 112 valence electrons. The number of hydrogen-bond acceptors (Lipinski definition) is 5. The van der Waals surface area contributed by atoms with E-state index in [1.807, 2.05) is 27.7 Å². The number of hydrogen-bond donors (Lipinski definition) is 1. The van der Waals surface area contributed by atoms with E-state index in [2.05, 4.69) is 15.4 Å². The summed E-state index contributed by atoms with van der Waals surface area (Å²) in [6.45, 7) is 7.58. The molecular formula is C14H18N4O2S. The normalized spacial score (nSPS) is 11.1. The molecule has 0 fully saturated rings. The molecule has 1 amide bonds. The van der Waals surface area contributed by atoms with Crippen LogP contribution in [0.4, 0.5) is 0 Å². The molecule has 0 atom stereocenters. The molecule has 2 aromatic heterocycles. The van der Waals surface area contributed by atoms with E-state index in [0.717, 1.165) is 4.88 Å². The fraction of sp³-hybridized carbons (Fsp3) is 0.429. The first-order chi connectivity index (χ1) is 9.88. The molecule has 7 heteroatoms. The van der Waals surface area contributed by atoms with Crippen LogP contribution in [-0.2, 0) is 0 Å². The Morgan fingerprint density at radius 1 is 1.29 bits per heavy atom. The van der Waals surface area contributed by atoms with Crippen molar-refractivity contribution in [2.24, 2.45) is 0 Å². The molecule has 0 spiro atoms. The van der Waals surface area contributed by atoms with Gasteiger partial charge in [-0.25, -0.2) is 9.67 Å². The zero-order valence-electron chi connectivity index (χ0n) is 12.5. The molecule has 2 heterocycles. The summed E-state index contributed by atoms with van der Waals surface area (Å²) in [6.07, 6.45) is 1.61. The molecule has 0 saturated heterocycles. The van der Waals surface area contributed by atoms with Crippen LogP contribution in [0.15, 0.2) is 23.1 Å². The first kappa shape index (κ1) is 15.4. The Morgan fingerprint density at radius 3 is 2.62 bits per heavy atom. The van der Waals surface area contributed by atoms with Crippen LogP contribution in [0.3, 0.4) is 0 Å². The van der Waals surface area contributed by atoms with Crippen molar-refractivity contribution in [3.63, 3.8) is 0 Å². The highest BCUT2D eigenvalue weighted by Gasteiger charge is 2.14. The van der Waals surface area contributed by atoms with Crippen LogP contribution < -0.4 is 10.9 Å². The van der Waals surface area contributed by atoms with Gasteiger partial charge >= 0.3 is 0 Å². The Bertz CT molecular complexity index is 703. The molecule has 2 aromatic rings. The summed E-state index contributed by atoms with van der Waals surface area (Å²) in [5.41, 5.74) is 0.500. The third kappa shape index (κ3) is 3.55. The zero-order chi connectivity index (χ0) is 15.6. The van der Waals surface area contributed by atoms with Crippen molar-refractivity contribution in [2.45, 2.75) is 39.8 Å². The minimum absolute atomic E-state index is 0.0194. The predicted molar refractivity (Wildman–Crippen MR) is 82.6 cm³/mol. The van der Waals surface area contributed by atoms with Gasteiger partial charge in [-0.05, 0) is 33.8 Å². The molecule has 0 aliphatic carbocycles. The summed E-state index contributed by atoms with van der Waals surface area (Å²) in [5, 5.41) is 7.51. The van der Waals surface area contributed by atoms with E-state index in [0.29, 0.717) is 10.7 Å². The number of carbonyl (C=O) groups excluding carboxylic acids is 1. The van der Waals surface area contributed by atoms with Gasteiger partial charge in [-0.3, -0.25) is 9.59 Å². The summed E-state index contributed by atoms with van der Waals surface area (Å²) in [6, 6.07) is 3.18. The van der Waals surface area contributed by atoms with E-state index in [4.69, 9.17) is 0 Å². The molecular weight excluding hydrogens is 288 g/mol. The lowest BCUT2D eigenvalue weighted by Gasteiger charge is -2.08. The fourth-order valence-electron chi connectivity index (χ4n) is 1.75. The third-order valence-electron chi connectivity index (χ3n) is 2.69. The summed E-state index contributed by atoms with van der Waals surface area (Å²) in [5.74, 6) is -0.196. The van der Waals surface area contributed by atoms with Crippen LogP contribution in [0.5, 0.6) is 0 Å². The average Bonchev–Trinajstić information content (AvgIpc) is 2.87. The van der Waals surface area contributed by atoms with Crippen molar-refractivity contribution in [3.8, 4) is 10.6 Å². The molecule has 0 saturated carbocycles. The van der Waals surface area contributed by atoms with Crippen molar-refractivity contribution in [2.75, 3.05) is 0 Å². The largest absolute Gasteiger partial charge is 0.348 e. The van der Waals surface area contributed by atoms with Crippen molar-refractivity contribution < 1.29 is 4.79 Å². The van der Waals surface area contributed by atoms with E-state index in [-0.39, 0.29) is 23.6 Å². The maximum Gasteiger partial charge on any atom is 0.280 e. The molecule has 0 bridgehead atoms. The van der Waals surface area contributed by atoms with Crippen LogP contribution in [0, 0.1) is 0 Å². The van der Waals surface area contributed by atoms with Crippen molar-refractivity contribution in [1.82, 2.24) is 20.1 Å². The second-order valence-corrected chi connectivity index (χ2v) is 6.28. The summed E-state index contributed by atoms with van der Waals surface area (Å²) < 4.78 is 1.42. The summed E-state index contributed by atoms with van der Waals surface area (Å²) in [7, 11) is 0. The van der Waals surface area contributed by atoms with Gasteiger partial charge < -0.3 is 5.32 Å². The first-order valence-corrected chi connectivity index (χ1v) is 7.57. The zero-order valence-corrected chi connectivity index (χ0v) is 13.3. The minimum atomic E-state index is -0.196. The molecule has 0 radical (unpaired) electrons. The third-order valence-corrected chi connectivity index (χ3v) is 3.70. The second kappa shape index (κ2) is 6.17. The lowest BCUT2D eigenvalue weighted by molar-refractivity contribution is 0.0943. The lowest BCUT2D eigenvalue weighted by atomic mass is 10.3. The Kier molecular flexibility index (Phi) is 4.52. The topological polar surface area (TPSA) is 76.9 Å². The maximum absolute atomic E-state index is 11.9. The molecule has 0 aromatic carbocycles. The Morgan fingerprint density at radius 2 is 2.00 bits per heavy atom. The van der Waals surface area contributed by atoms with Gasteiger partial charge in [-0.2, -0.15) is 5.10 Å². The number of nitrogens with one attached hydrogen (secondary N) is 1. The molecule has 6 nitrogen and oxygen atoms in total. The number of carbonyl (C=O) groups is 1. The maximum atomic E-state index is 11.9. The fourth-order valence-corrected chi connectivity index (χ4v) is 2.53. The van der Waals surface area contributed by atoms with E-state index in [1.165, 1.54) is 22.1 Å². The highest BCUT2D eigenvalue weighted by Crippen LogP contribution is 2.23. The van der Waals surface area contributed by atoms with Crippen LogP contribution in [-0.4, -0.2) is 26.7 Å². The molecule has 0 aliphatic rings. The van der Waals surface area contributed by atoms with Crippen LogP contribution >= 0.6 is 11.3 Å². The average molecular weight is 306 g/mol. The van der Waals surface area contributed by atoms with Crippen LogP contribution in [0.1, 0.15) is 43.5 Å². The van der Waals surface area contributed by atoms with Gasteiger partial charge in [0.1, 0.15) is 5.69 Å². The predicted octanol–water partition coefficient (Wildman–Crippen LogP) is 2.09. The Balaban J connectivity index is 2.32. The van der Waals surface area contributed by atoms with E-state index in [1.54, 1.807) is 12.3 Å². The number of rotatable bonds is 4. The SMILES string of the molecule is CC(C)NC(=O)c1ncc(-c2ccc(=O)n(C(C)C)n2)s1. The van der Waals surface area contributed by atoms with E-state index in [9.17, 15) is 9.59 Å². The highest BCUT2D eigenvalue weighted by molar-refractivity contribution is 7.16. The first-order valence-electron chi connectivity index (χ1n) is 6.75. The molecule has 1 N–H and O–H groups in total. The van der Waals surface area contributed by atoms with Gasteiger partial charge in [-0.1, -0.05) is 0 Å². The number of amides is 1. The van der Waals surface area contributed by atoms with Gasteiger partial charge in [0.05, 0.1) is 10.9 Å². The van der Waals surface area contributed by atoms with Crippen LogP contribution in [0.25, 0.3) is 10.6 Å². The van der Waals surface area contributed by atoms with Crippen molar-refractivity contribution >= 4 is 17.2 Å². The Labute approximate surface area is 126 Å². The number of thiazole rings is 1. The van der Waals surface area contributed by atoms with Gasteiger partial charge in [0.25, 0.3) is 11.5 Å². The molecule has 2 rings (SSSR count). The smallest absolute Gasteiger partial charge is 0.280 e. The quantitative estimate of drug-likeness (QED) is 0.938. The molecule has 0 unspecified atom stereocenters. The van der Waals surface area contributed by atoms with Gasteiger partial charge in [0.15, 0.2) is 5.01 Å². The van der Waals surface area contributed by atoms with Crippen LogP contribution in [0.2, 0.25) is 0 Å². The van der Waals surface area contributed by atoms with Gasteiger partial charge in [0.2, 0.25) is 0 Å². The summed E-state index contributed by atoms with van der Waals surface area (Å²) >= 11 is 1.26. The van der Waals surface area contributed by atoms with E-state index >= 15 is 0 Å². The standard InChI is InChI=1S/C14H18N4O2S/c1-8(2)16-13(20)14-15-7-11(21-14)10-5-6-12(19)18(17-10)9(3)4/h5-9H,1-4H3,(H,16,20). The minimum Gasteiger partial charge on any atom is -0.348 e. The van der Waals surface area contributed by atoms with Gasteiger partial charge in [-0.15, -0.1) is 11.3 Å². The van der Waals surface area contributed by atoms with Gasteiger partial charge in [0, 0.05) is 18.3 Å². The Hall–Kier alpha value is -2.02. The monoisotopic (exact) mass is 306 g/mol. The van der Waals surface area contributed by atoms with Crippen molar-refractivity contribution in [3.05, 3.63) is 33.7 Å². The molecule has 21 heavy (non-hydrogen) atoms. The summed E-state index contributed by atoms with van der Waals surface area (Å²) in [4.78, 5) is 28.5. The second-order valence-electron chi connectivity index (χ2n) is 5.25. The highest BCUT2D eigenvalue weighted by atomic mass is 32.1. The lowest BCUT2D eigenvalue weighted by Crippen LogP contribution is -2.29. The van der Waals surface area contributed by atoms with Crippen molar-refractivity contribution in [1.29, 1.82) is 0 Å². The number of aromatic nitrogens is 3.